The van der Waals surface area contributed by atoms with Gasteiger partial charge in [-0.2, -0.15) is 9.40 Å². The lowest BCUT2D eigenvalue weighted by molar-refractivity contribution is -0.115. The van der Waals surface area contributed by atoms with Gasteiger partial charge in [0.15, 0.2) is 5.82 Å². The average molecular weight is 302 g/mol. The summed E-state index contributed by atoms with van der Waals surface area (Å²) in [6, 6.07) is 1.67. The van der Waals surface area contributed by atoms with Gasteiger partial charge in [-0.1, -0.05) is 0 Å². The molecule has 2 rings (SSSR count). The van der Waals surface area contributed by atoms with Crippen LogP contribution in [0.5, 0.6) is 0 Å². The highest BCUT2D eigenvalue weighted by Crippen LogP contribution is 2.08. The van der Waals surface area contributed by atoms with Crippen LogP contribution in [0.3, 0.4) is 0 Å². The van der Waals surface area contributed by atoms with Crippen molar-refractivity contribution in [1.82, 2.24) is 14.5 Å². The lowest BCUT2D eigenvalue weighted by atomic mass is 10.4. The Morgan fingerprint density at radius 1 is 1.50 bits per heavy atom. The molecule has 2 N–H and O–H groups in total. The number of hydrogen-bond donors (Lipinski definition) is 2. The third-order valence-corrected chi connectivity index (χ3v) is 4.80. The summed E-state index contributed by atoms with van der Waals surface area (Å²) in [4.78, 5) is 11.7. The Labute approximate surface area is 117 Å². The third kappa shape index (κ3) is 4.02. The highest BCUT2D eigenvalue weighted by molar-refractivity contribution is 7.89. The molecule has 1 amide bonds. The van der Waals surface area contributed by atoms with Crippen molar-refractivity contribution >= 4 is 21.7 Å². The van der Waals surface area contributed by atoms with E-state index < -0.39 is 10.0 Å². The number of rotatable bonds is 5. The topological polar surface area (TPSA) is 104 Å². The number of carbonyl (C=O) groups excluding carboxylic acids is 1. The average Bonchev–Trinajstić information content (AvgIpc) is 2.83. The summed E-state index contributed by atoms with van der Waals surface area (Å²) in [5.41, 5.74) is 0.821. The smallest absolute Gasteiger partial charge is 0.226 e. The summed E-state index contributed by atoms with van der Waals surface area (Å²) in [5, 5.41) is 9.10. The van der Waals surface area contributed by atoms with E-state index in [0.717, 1.165) is 5.69 Å². The van der Waals surface area contributed by atoms with Gasteiger partial charge in [0.2, 0.25) is 15.9 Å². The highest BCUT2D eigenvalue weighted by atomic mass is 32.2. The fourth-order valence-corrected chi connectivity index (χ4v) is 3.27. The molecule has 0 radical (unpaired) electrons. The van der Waals surface area contributed by atoms with E-state index in [1.807, 2.05) is 6.92 Å². The van der Waals surface area contributed by atoms with Crippen LogP contribution in [0, 0.1) is 6.92 Å². The van der Waals surface area contributed by atoms with E-state index in [4.69, 9.17) is 4.74 Å². The molecular weight excluding hydrogens is 284 g/mol. The molecule has 1 aliphatic rings. The van der Waals surface area contributed by atoms with E-state index in [0.29, 0.717) is 32.1 Å². The Balaban J connectivity index is 1.82. The normalized spacial score (nSPS) is 17.1. The monoisotopic (exact) mass is 302 g/mol. The molecule has 8 nitrogen and oxygen atoms in total. The quantitative estimate of drug-likeness (QED) is 0.777. The van der Waals surface area contributed by atoms with Crippen molar-refractivity contribution in [1.29, 1.82) is 0 Å². The molecule has 0 spiro atoms. The Kier molecular flexibility index (Phi) is 4.73. The zero-order valence-electron chi connectivity index (χ0n) is 11.3. The van der Waals surface area contributed by atoms with E-state index in [1.54, 1.807) is 6.07 Å². The Bertz CT molecular complexity index is 563. The molecule has 0 saturated carbocycles. The van der Waals surface area contributed by atoms with Crippen molar-refractivity contribution < 1.29 is 17.9 Å². The number of amides is 1. The molecule has 20 heavy (non-hydrogen) atoms. The number of hydrogen-bond acceptors (Lipinski definition) is 5. The van der Waals surface area contributed by atoms with E-state index in [1.165, 1.54) is 4.31 Å². The molecule has 1 aromatic heterocycles. The first kappa shape index (κ1) is 14.9. The van der Waals surface area contributed by atoms with Crippen molar-refractivity contribution in [2.24, 2.45) is 0 Å². The molecule has 1 saturated heterocycles. The molecule has 0 aliphatic carbocycles. The predicted molar refractivity (Wildman–Crippen MR) is 72.8 cm³/mol. The summed E-state index contributed by atoms with van der Waals surface area (Å²) < 4.78 is 30.5. The summed E-state index contributed by atoms with van der Waals surface area (Å²) >= 11 is 0. The van der Waals surface area contributed by atoms with Gasteiger partial charge in [0, 0.05) is 31.3 Å². The fourth-order valence-electron chi connectivity index (χ4n) is 1.86. The second kappa shape index (κ2) is 6.33. The number of anilines is 1. The number of ether oxygens (including phenoxy) is 1. The van der Waals surface area contributed by atoms with E-state index >= 15 is 0 Å². The fraction of sp³-hybridized carbons (Fsp3) is 0.636. The highest BCUT2D eigenvalue weighted by Gasteiger charge is 2.24. The molecule has 1 fully saturated rings. The maximum atomic E-state index is 12.0. The number of aryl methyl sites for hydroxylation is 1. The molecule has 0 atom stereocenters. The Hall–Kier alpha value is -1.45. The number of morpholine rings is 1. The first-order valence-electron chi connectivity index (χ1n) is 6.35. The second-order valence-electron chi connectivity index (χ2n) is 4.56. The maximum Gasteiger partial charge on any atom is 0.226 e. The van der Waals surface area contributed by atoms with Gasteiger partial charge in [-0.15, -0.1) is 0 Å². The van der Waals surface area contributed by atoms with Crippen LogP contribution in [0.15, 0.2) is 6.07 Å². The number of aromatic amines is 1. The van der Waals surface area contributed by atoms with Crippen LogP contribution in [0.1, 0.15) is 12.1 Å². The van der Waals surface area contributed by atoms with E-state index in [-0.39, 0.29) is 18.1 Å². The summed E-state index contributed by atoms with van der Waals surface area (Å²) in [6.07, 6.45) is -0.0917. The van der Waals surface area contributed by atoms with Crippen LogP contribution in [0.25, 0.3) is 0 Å². The van der Waals surface area contributed by atoms with Gasteiger partial charge in [0.25, 0.3) is 0 Å². The lowest BCUT2D eigenvalue weighted by Crippen LogP contribution is -2.42. The largest absolute Gasteiger partial charge is 0.379 e. The SMILES string of the molecule is Cc1cc(NC(=O)CCS(=O)(=O)N2CCOCC2)n[nH]1. The van der Waals surface area contributed by atoms with Gasteiger partial charge in [0.05, 0.1) is 19.0 Å². The zero-order valence-corrected chi connectivity index (χ0v) is 12.1. The van der Waals surface area contributed by atoms with Crippen molar-refractivity contribution in [2.75, 3.05) is 37.4 Å². The zero-order chi connectivity index (χ0) is 14.6. The van der Waals surface area contributed by atoms with Crippen molar-refractivity contribution in [3.05, 3.63) is 11.8 Å². The minimum atomic E-state index is -3.40. The van der Waals surface area contributed by atoms with Crippen LogP contribution in [0.2, 0.25) is 0 Å². The lowest BCUT2D eigenvalue weighted by Gasteiger charge is -2.25. The summed E-state index contributed by atoms with van der Waals surface area (Å²) in [6.45, 7) is 3.31. The van der Waals surface area contributed by atoms with E-state index in [2.05, 4.69) is 15.5 Å². The van der Waals surface area contributed by atoms with E-state index in [9.17, 15) is 13.2 Å². The number of H-pyrrole nitrogens is 1. The number of nitrogens with zero attached hydrogens (tertiary/aromatic N) is 2. The minimum Gasteiger partial charge on any atom is -0.379 e. The van der Waals surface area contributed by atoms with Crippen LogP contribution < -0.4 is 5.32 Å². The van der Waals surface area contributed by atoms with Gasteiger partial charge in [-0.05, 0) is 6.92 Å². The number of sulfonamides is 1. The van der Waals surface area contributed by atoms with Crippen molar-refractivity contribution in [3.8, 4) is 0 Å². The molecule has 0 aromatic carbocycles. The van der Waals surface area contributed by atoms with Crippen LogP contribution in [-0.2, 0) is 19.6 Å². The summed E-state index contributed by atoms with van der Waals surface area (Å²) in [5.74, 6) is -0.174. The van der Waals surface area contributed by atoms with Crippen molar-refractivity contribution in [3.63, 3.8) is 0 Å². The number of nitrogens with one attached hydrogen (secondary N) is 2. The van der Waals surface area contributed by atoms with Crippen LogP contribution in [-0.4, -0.2) is 60.9 Å². The Morgan fingerprint density at radius 3 is 2.80 bits per heavy atom. The molecule has 112 valence electrons. The molecule has 2 heterocycles. The van der Waals surface area contributed by atoms with Crippen LogP contribution in [0.4, 0.5) is 5.82 Å². The van der Waals surface area contributed by atoms with Crippen LogP contribution >= 0.6 is 0 Å². The van der Waals surface area contributed by atoms with Gasteiger partial charge in [0.1, 0.15) is 0 Å². The number of carbonyl (C=O) groups is 1. The number of aromatic nitrogens is 2. The third-order valence-electron chi connectivity index (χ3n) is 2.92. The van der Waals surface area contributed by atoms with Gasteiger partial charge in [-0.3, -0.25) is 9.89 Å². The second-order valence-corrected chi connectivity index (χ2v) is 6.65. The minimum absolute atomic E-state index is 0.0917. The maximum absolute atomic E-state index is 12.0. The molecule has 0 unspecified atom stereocenters. The predicted octanol–water partition coefficient (Wildman–Crippen LogP) is -0.291. The van der Waals surface area contributed by atoms with Crippen molar-refractivity contribution in [2.45, 2.75) is 13.3 Å². The van der Waals surface area contributed by atoms with Gasteiger partial charge in [-0.25, -0.2) is 8.42 Å². The first-order valence-corrected chi connectivity index (χ1v) is 7.96. The van der Waals surface area contributed by atoms with Gasteiger partial charge >= 0.3 is 0 Å². The Morgan fingerprint density at radius 2 is 2.20 bits per heavy atom. The molecule has 9 heteroatoms. The molecule has 1 aliphatic heterocycles. The molecule has 1 aromatic rings. The standard InChI is InChI=1S/C11H18N4O4S/c1-9-8-10(14-13-9)12-11(16)2-7-20(17,18)15-3-5-19-6-4-15/h8H,2-7H2,1H3,(H2,12,13,14,16). The first-order chi connectivity index (χ1) is 9.47. The summed E-state index contributed by atoms with van der Waals surface area (Å²) in [7, 11) is -3.40. The molecular formula is C11H18N4O4S. The van der Waals surface area contributed by atoms with Gasteiger partial charge < -0.3 is 10.1 Å². The molecule has 0 bridgehead atoms.